The van der Waals surface area contributed by atoms with Crippen LogP contribution in [-0.2, 0) is 4.43 Å². The molecule has 1 heterocycles. The predicted molar refractivity (Wildman–Crippen MR) is 97.7 cm³/mol. The van der Waals surface area contributed by atoms with E-state index in [0.29, 0.717) is 4.45 Å². The Kier molecular flexibility index (Phi) is 5.50. The molecule has 0 spiro atoms. The Bertz CT molecular complexity index is 480. The Balaban J connectivity index is 2.38. The van der Waals surface area contributed by atoms with Crippen molar-refractivity contribution in [2.45, 2.75) is 57.1 Å². The molecule has 1 aliphatic heterocycles. The summed E-state index contributed by atoms with van der Waals surface area (Å²) >= 11 is 3.96. The molecule has 3 atom stereocenters. The largest absolute Gasteiger partial charge is 0.404 e. The van der Waals surface area contributed by atoms with Crippen molar-refractivity contribution in [2.24, 2.45) is 5.41 Å². The number of hydrogen-bond donors (Lipinski definition) is 0. The minimum absolute atomic E-state index is 0.122. The van der Waals surface area contributed by atoms with Gasteiger partial charge < -0.3 is 4.43 Å². The van der Waals surface area contributed by atoms with E-state index in [1.165, 1.54) is 24.1 Å². The summed E-state index contributed by atoms with van der Waals surface area (Å²) in [4.78, 5) is 0. The monoisotopic (exact) mass is 366 g/mol. The second kappa shape index (κ2) is 6.80. The van der Waals surface area contributed by atoms with Crippen LogP contribution in [-0.4, -0.2) is 18.9 Å². The number of hydrogen-bond acceptors (Lipinski definition) is 1. The van der Waals surface area contributed by atoms with E-state index < -0.39 is 8.32 Å². The number of rotatable bonds is 4. The standard InChI is InChI=1S/C18H27BrOSi/c1-5-10-16(18(2,3)4)20-21(14-9-13-17(21)19)15-11-7-6-8-12-15/h5-8,10-12,16-17H,9,13-14H2,1-4H3/b10-5+/t16-,17?,21?/m1/s1. The number of halogens is 1. The van der Waals surface area contributed by atoms with Gasteiger partial charge in [-0.05, 0) is 30.0 Å². The van der Waals surface area contributed by atoms with Crippen LogP contribution in [0.5, 0.6) is 0 Å². The molecular formula is C18H27BrOSi. The summed E-state index contributed by atoms with van der Waals surface area (Å²) in [5.74, 6) is 0. The Hall–Kier alpha value is -0.383. The molecule has 1 aliphatic rings. The molecule has 0 amide bonds. The van der Waals surface area contributed by atoms with E-state index in [9.17, 15) is 0 Å². The summed E-state index contributed by atoms with van der Waals surface area (Å²) in [7, 11) is -1.96. The fourth-order valence-electron chi connectivity index (χ4n) is 3.09. The van der Waals surface area contributed by atoms with E-state index in [2.05, 4.69) is 86.1 Å². The van der Waals surface area contributed by atoms with Crippen molar-refractivity contribution in [1.29, 1.82) is 0 Å². The van der Waals surface area contributed by atoms with Gasteiger partial charge in [-0.25, -0.2) is 0 Å². The van der Waals surface area contributed by atoms with Crippen molar-refractivity contribution in [3.8, 4) is 0 Å². The lowest BCUT2D eigenvalue weighted by Crippen LogP contribution is -2.58. The topological polar surface area (TPSA) is 9.23 Å². The molecule has 1 nitrogen and oxygen atoms in total. The van der Waals surface area contributed by atoms with Crippen molar-refractivity contribution >= 4 is 29.4 Å². The van der Waals surface area contributed by atoms with Crippen LogP contribution in [0.25, 0.3) is 0 Å². The summed E-state index contributed by atoms with van der Waals surface area (Å²) in [6.07, 6.45) is 7.03. The van der Waals surface area contributed by atoms with Crippen LogP contribution < -0.4 is 5.19 Å². The molecule has 2 unspecified atom stereocenters. The lowest BCUT2D eigenvalue weighted by atomic mass is 9.89. The number of alkyl halides is 1. The van der Waals surface area contributed by atoms with Gasteiger partial charge in [0.25, 0.3) is 0 Å². The molecule has 1 saturated heterocycles. The Morgan fingerprint density at radius 3 is 2.43 bits per heavy atom. The molecule has 1 aromatic carbocycles. The normalized spacial score (nSPS) is 28.1. The van der Waals surface area contributed by atoms with Crippen LogP contribution in [0.3, 0.4) is 0 Å². The lowest BCUT2D eigenvalue weighted by Gasteiger charge is -2.39. The van der Waals surface area contributed by atoms with Crippen molar-refractivity contribution in [3.05, 3.63) is 42.5 Å². The second-order valence-electron chi connectivity index (χ2n) is 7.05. The van der Waals surface area contributed by atoms with Crippen molar-refractivity contribution in [3.63, 3.8) is 0 Å². The van der Waals surface area contributed by atoms with Crippen LogP contribution in [0.15, 0.2) is 42.5 Å². The van der Waals surface area contributed by atoms with Crippen LogP contribution in [0, 0.1) is 5.41 Å². The third-order valence-electron chi connectivity index (χ3n) is 4.33. The molecular weight excluding hydrogens is 340 g/mol. The smallest absolute Gasteiger partial charge is 0.238 e. The van der Waals surface area contributed by atoms with Crippen LogP contribution in [0.4, 0.5) is 0 Å². The first-order chi connectivity index (χ1) is 9.90. The third-order valence-corrected chi connectivity index (χ3v) is 11.4. The van der Waals surface area contributed by atoms with E-state index in [0.717, 1.165) is 0 Å². The highest BCUT2D eigenvalue weighted by atomic mass is 79.9. The Morgan fingerprint density at radius 2 is 1.95 bits per heavy atom. The van der Waals surface area contributed by atoms with Crippen LogP contribution in [0.1, 0.15) is 40.5 Å². The summed E-state index contributed by atoms with van der Waals surface area (Å²) in [5.41, 5.74) is 0.122. The first kappa shape index (κ1) is 17.0. The van der Waals surface area contributed by atoms with Gasteiger partial charge in [-0.1, -0.05) is 85.6 Å². The minimum Gasteiger partial charge on any atom is -0.404 e. The Morgan fingerprint density at radius 1 is 1.29 bits per heavy atom. The second-order valence-corrected chi connectivity index (χ2v) is 12.8. The molecule has 0 saturated carbocycles. The number of benzene rings is 1. The minimum atomic E-state index is -1.96. The highest BCUT2D eigenvalue weighted by Gasteiger charge is 2.49. The van der Waals surface area contributed by atoms with Crippen molar-refractivity contribution < 1.29 is 4.43 Å². The van der Waals surface area contributed by atoms with Gasteiger partial charge in [-0.3, -0.25) is 0 Å². The molecule has 0 radical (unpaired) electrons. The average Bonchev–Trinajstić information content (AvgIpc) is 2.81. The van der Waals surface area contributed by atoms with Gasteiger partial charge in [0, 0.05) is 4.45 Å². The maximum atomic E-state index is 6.91. The zero-order valence-electron chi connectivity index (χ0n) is 13.6. The summed E-state index contributed by atoms with van der Waals surface area (Å²) in [6, 6.07) is 12.1. The molecule has 0 N–H and O–H groups in total. The lowest BCUT2D eigenvalue weighted by molar-refractivity contribution is 0.121. The first-order valence-electron chi connectivity index (χ1n) is 7.90. The Labute approximate surface area is 139 Å². The van der Waals surface area contributed by atoms with Gasteiger partial charge in [0.2, 0.25) is 8.32 Å². The molecule has 0 bridgehead atoms. The third kappa shape index (κ3) is 3.69. The van der Waals surface area contributed by atoms with E-state index in [1.807, 2.05) is 0 Å². The molecule has 1 aromatic rings. The van der Waals surface area contributed by atoms with Gasteiger partial charge in [-0.15, -0.1) is 0 Å². The summed E-state index contributed by atoms with van der Waals surface area (Å²) in [6.45, 7) is 8.88. The maximum absolute atomic E-state index is 6.91. The summed E-state index contributed by atoms with van der Waals surface area (Å²) < 4.78 is 7.42. The molecule has 116 valence electrons. The van der Waals surface area contributed by atoms with Gasteiger partial charge in [0.15, 0.2) is 0 Å². The molecule has 0 aliphatic carbocycles. The van der Waals surface area contributed by atoms with Gasteiger partial charge >= 0.3 is 0 Å². The molecule has 0 aromatic heterocycles. The predicted octanol–water partition coefficient (Wildman–Crippen LogP) is 4.94. The van der Waals surface area contributed by atoms with Gasteiger partial charge in [-0.2, -0.15) is 0 Å². The molecule has 1 fully saturated rings. The highest BCUT2D eigenvalue weighted by molar-refractivity contribution is 9.10. The van der Waals surface area contributed by atoms with Gasteiger partial charge in [0.05, 0.1) is 6.10 Å². The van der Waals surface area contributed by atoms with Crippen molar-refractivity contribution in [2.75, 3.05) is 0 Å². The SMILES string of the molecule is C/C=C/[C@@H](O[Si]1(c2ccccc2)CCCC1Br)C(C)(C)C. The fraction of sp³-hybridized carbons (Fsp3) is 0.556. The van der Waals surface area contributed by atoms with E-state index in [-0.39, 0.29) is 11.5 Å². The average molecular weight is 367 g/mol. The van der Waals surface area contributed by atoms with Crippen molar-refractivity contribution in [1.82, 2.24) is 0 Å². The van der Waals surface area contributed by atoms with E-state index in [4.69, 9.17) is 4.43 Å². The molecule has 2 rings (SSSR count). The highest BCUT2D eigenvalue weighted by Crippen LogP contribution is 2.38. The molecule has 21 heavy (non-hydrogen) atoms. The summed E-state index contributed by atoms with van der Waals surface area (Å²) in [5, 5.41) is 1.43. The molecule has 3 heteroatoms. The van der Waals surface area contributed by atoms with Crippen LogP contribution >= 0.6 is 15.9 Å². The fourth-order valence-corrected chi connectivity index (χ4v) is 9.62. The van der Waals surface area contributed by atoms with Gasteiger partial charge in [0.1, 0.15) is 0 Å². The van der Waals surface area contributed by atoms with E-state index >= 15 is 0 Å². The zero-order valence-corrected chi connectivity index (χ0v) is 16.2. The zero-order chi connectivity index (χ0) is 15.5. The quantitative estimate of drug-likeness (QED) is 0.416. The first-order valence-corrected chi connectivity index (χ1v) is 11.0. The maximum Gasteiger partial charge on any atom is 0.238 e. The van der Waals surface area contributed by atoms with Crippen LogP contribution in [0.2, 0.25) is 6.04 Å². The van der Waals surface area contributed by atoms with E-state index in [1.54, 1.807) is 0 Å². The number of allylic oxidation sites excluding steroid dienone is 1.